The summed E-state index contributed by atoms with van der Waals surface area (Å²) in [5.41, 5.74) is 1.47. The number of thioether (sulfide) groups is 2. The summed E-state index contributed by atoms with van der Waals surface area (Å²) < 4.78 is 5.42. The Hall–Kier alpha value is -2.00. The van der Waals surface area contributed by atoms with E-state index in [1.165, 1.54) is 11.8 Å². The number of hydrogen-bond donors (Lipinski definition) is 1. The Kier molecular flexibility index (Phi) is 5.98. The molecule has 0 spiro atoms. The van der Waals surface area contributed by atoms with E-state index >= 15 is 0 Å². The lowest BCUT2D eigenvalue weighted by Crippen LogP contribution is -2.23. The number of amides is 2. The maximum Gasteiger partial charge on any atom is 0.277 e. The lowest BCUT2D eigenvalue weighted by atomic mass is 10.2. The number of carbonyl (C=O) groups is 2. The van der Waals surface area contributed by atoms with E-state index in [0.717, 1.165) is 18.7 Å². The smallest absolute Gasteiger partial charge is 0.277 e. The van der Waals surface area contributed by atoms with Gasteiger partial charge in [0.2, 0.25) is 17.7 Å². The van der Waals surface area contributed by atoms with E-state index in [9.17, 15) is 9.59 Å². The SMILES string of the molecule is CSCc1nnc(SCC(=O)Nc2cccc(N3CCCC3=O)c2)o1. The van der Waals surface area contributed by atoms with Crippen molar-refractivity contribution in [2.75, 3.05) is 28.8 Å². The summed E-state index contributed by atoms with van der Waals surface area (Å²) in [4.78, 5) is 25.7. The predicted octanol–water partition coefficient (Wildman–Crippen LogP) is 2.79. The van der Waals surface area contributed by atoms with Crippen LogP contribution >= 0.6 is 23.5 Å². The third kappa shape index (κ3) is 4.76. The van der Waals surface area contributed by atoms with Gasteiger partial charge >= 0.3 is 0 Å². The fourth-order valence-corrected chi connectivity index (χ4v) is 3.42. The molecule has 1 aromatic heterocycles. The van der Waals surface area contributed by atoms with Crippen LogP contribution in [0.5, 0.6) is 0 Å². The van der Waals surface area contributed by atoms with Crippen molar-refractivity contribution in [3.05, 3.63) is 30.2 Å². The first-order chi connectivity index (χ1) is 12.2. The molecule has 1 aliphatic rings. The maximum absolute atomic E-state index is 12.1. The van der Waals surface area contributed by atoms with Crippen molar-refractivity contribution in [1.82, 2.24) is 10.2 Å². The second kappa shape index (κ2) is 8.39. The number of hydrogen-bond acceptors (Lipinski definition) is 7. The zero-order valence-corrected chi connectivity index (χ0v) is 15.4. The van der Waals surface area contributed by atoms with Crippen molar-refractivity contribution < 1.29 is 14.0 Å². The molecule has 25 heavy (non-hydrogen) atoms. The van der Waals surface area contributed by atoms with E-state index in [0.29, 0.717) is 29.0 Å². The number of nitrogens with zero attached hydrogens (tertiary/aromatic N) is 3. The summed E-state index contributed by atoms with van der Waals surface area (Å²) in [6, 6.07) is 7.32. The molecule has 0 bridgehead atoms. The largest absolute Gasteiger partial charge is 0.415 e. The molecule has 1 N–H and O–H groups in total. The van der Waals surface area contributed by atoms with Crippen LogP contribution in [0.1, 0.15) is 18.7 Å². The van der Waals surface area contributed by atoms with Gasteiger partial charge in [-0.25, -0.2) is 0 Å². The van der Waals surface area contributed by atoms with E-state index in [4.69, 9.17) is 4.42 Å². The number of anilines is 2. The van der Waals surface area contributed by atoms with E-state index < -0.39 is 0 Å². The normalized spacial score (nSPS) is 14.1. The van der Waals surface area contributed by atoms with Crippen molar-refractivity contribution >= 4 is 46.7 Å². The van der Waals surface area contributed by atoms with Crippen LogP contribution in [-0.4, -0.2) is 40.6 Å². The van der Waals surface area contributed by atoms with E-state index in [2.05, 4.69) is 15.5 Å². The Balaban J connectivity index is 1.54. The van der Waals surface area contributed by atoms with Gasteiger partial charge in [0.25, 0.3) is 5.22 Å². The molecule has 2 amide bonds. The van der Waals surface area contributed by atoms with Gasteiger partial charge < -0.3 is 14.6 Å². The van der Waals surface area contributed by atoms with Crippen LogP contribution in [0.4, 0.5) is 11.4 Å². The van der Waals surface area contributed by atoms with Gasteiger partial charge in [0, 0.05) is 24.3 Å². The Bertz CT molecular complexity index is 765. The van der Waals surface area contributed by atoms with Crippen molar-refractivity contribution in [2.45, 2.75) is 23.8 Å². The topological polar surface area (TPSA) is 88.3 Å². The molecule has 1 aliphatic heterocycles. The van der Waals surface area contributed by atoms with Gasteiger partial charge in [-0.3, -0.25) is 9.59 Å². The highest BCUT2D eigenvalue weighted by atomic mass is 32.2. The molecule has 9 heteroatoms. The van der Waals surface area contributed by atoms with Gasteiger partial charge in [0.1, 0.15) is 0 Å². The molecule has 1 saturated heterocycles. The molecule has 0 aliphatic carbocycles. The summed E-state index contributed by atoms with van der Waals surface area (Å²) in [7, 11) is 0. The quantitative estimate of drug-likeness (QED) is 0.741. The standard InChI is InChI=1S/C16H18N4O3S2/c1-24-10-14-18-19-16(23-14)25-9-13(21)17-11-4-2-5-12(8-11)20-7-3-6-15(20)22/h2,4-5,8H,3,6-7,9-10H2,1H3,(H,17,21). The molecular weight excluding hydrogens is 360 g/mol. The first-order valence-electron chi connectivity index (χ1n) is 7.80. The van der Waals surface area contributed by atoms with Crippen LogP contribution in [0.25, 0.3) is 0 Å². The highest BCUT2D eigenvalue weighted by molar-refractivity contribution is 7.99. The fourth-order valence-electron chi connectivity index (χ4n) is 2.48. The fraction of sp³-hybridized carbons (Fsp3) is 0.375. The molecule has 0 atom stereocenters. The summed E-state index contributed by atoms with van der Waals surface area (Å²) in [6.07, 6.45) is 3.40. The predicted molar refractivity (Wildman–Crippen MR) is 98.9 cm³/mol. The molecule has 1 aromatic carbocycles. The molecule has 132 valence electrons. The Morgan fingerprint density at radius 2 is 2.28 bits per heavy atom. The van der Waals surface area contributed by atoms with E-state index in [-0.39, 0.29) is 17.6 Å². The first-order valence-corrected chi connectivity index (χ1v) is 10.2. The van der Waals surface area contributed by atoms with Crippen molar-refractivity contribution in [2.24, 2.45) is 0 Å². The number of carbonyl (C=O) groups excluding carboxylic acids is 2. The first kappa shape index (κ1) is 17.8. The van der Waals surface area contributed by atoms with Gasteiger partial charge in [-0.1, -0.05) is 17.8 Å². The van der Waals surface area contributed by atoms with Crippen LogP contribution < -0.4 is 10.2 Å². The van der Waals surface area contributed by atoms with Crippen LogP contribution in [0.3, 0.4) is 0 Å². The van der Waals surface area contributed by atoms with E-state index in [1.54, 1.807) is 22.7 Å². The Morgan fingerprint density at radius 3 is 3.04 bits per heavy atom. The monoisotopic (exact) mass is 378 g/mol. The van der Waals surface area contributed by atoms with Gasteiger partial charge in [0.05, 0.1) is 11.5 Å². The molecule has 0 unspecified atom stereocenters. The van der Waals surface area contributed by atoms with Crippen LogP contribution in [0.15, 0.2) is 33.9 Å². The van der Waals surface area contributed by atoms with Gasteiger partial charge in [-0.15, -0.1) is 10.2 Å². The third-order valence-electron chi connectivity index (χ3n) is 3.56. The second-order valence-corrected chi connectivity index (χ2v) is 7.22. The number of aromatic nitrogens is 2. The minimum atomic E-state index is -0.167. The Labute approximate surface area is 153 Å². The zero-order valence-electron chi connectivity index (χ0n) is 13.7. The summed E-state index contributed by atoms with van der Waals surface area (Å²) in [6.45, 7) is 0.724. The molecule has 2 aromatic rings. The third-order valence-corrected chi connectivity index (χ3v) is 4.91. The molecule has 3 rings (SSSR count). The molecule has 1 fully saturated rings. The molecule has 7 nitrogen and oxygen atoms in total. The summed E-state index contributed by atoms with van der Waals surface area (Å²) in [5, 5.41) is 11.0. The average molecular weight is 378 g/mol. The summed E-state index contributed by atoms with van der Waals surface area (Å²) >= 11 is 2.79. The molecule has 0 saturated carbocycles. The highest BCUT2D eigenvalue weighted by Gasteiger charge is 2.21. The average Bonchev–Trinajstić information content (AvgIpc) is 3.22. The maximum atomic E-state index is 12.1. The van der Waals surface area contributed by atoms with Gasteiger partial charge in [-0.2, -0.15) is 11.8 Å². The number of nitrogens with one attached hydrogen (secondary N) is 1. The minimum absolute atomic E-state index is 0.122. The lowest BCUT2D eigenvalue weighted by Gasteiger charge is -2.16. The Morgan fingerprint density at radius 1 is 1.40 bits per heavy atom. The second-order valence-electron chi connectivity index (χ2n) is 5.43. The van der Waals surface area contributed by atoms with Crippen molar-refractivity contribution in [3.8, 4) is 0 Å². The number of rotatable bonds is 7. The molecule has 0 radical (unpaired) electrons. The van der Waals surface area contributed by atoms with Crippen molar-refractivity contribution in [1.29, 1.82) is 0 Å². The summed E-state index contributed by atoms with van der Waals surface area (Å²) in [5.74, 6) is 1.34. The van der Waals surface area contributed by atoms with Crippen LogP contribution in [0, 0.1) is 0 Å². The number of benzene rings is 1. The molecular formula is C16H18N4O3S2. The van der Waals surface area contributed by atoms with Crippen LogP contribution in [0.2, 0.25) is 0 Å². The van der Waals surface area contributed by atoms with E-state index in [1.807, 2.05) is 24.5 Å². The minimum Gasteiger partial charge on any atom is -0.415 e. The highest BCUT2D eigenvalue weighted by Crippen LogP contribution is 2.24. The van der Waals surface area contributed by atoms with Crippen LogP contribution in [-0.2, 0) is 15.3 Å². The zero-order chi connectivity index (χ0) is 17.6. The van der Waals surface area contributed by atoms with Gasteiger partial charge in [0.15, 0.2) is 0 Å². The van der Waals surface area contributed by atoms with Gasteiger partial charge in [-0.05, 0) is 30.9 Å². The molecule has 2 heterocycles. The van der Waals surface area contributed by atoms with Crippen molar-refractivity contribution in [3.63, 3.8) is 0 Å². The lowest BCUT2D eigenvalue weighted by molar-refractivity contribution is -0.117.